The summed E-state index contributed by atoms with van der Waals surface area (Å²) in [6, 6.07) is 0. The molecular formula is C15H31N. The smallest absolute Gasteiger partial charge is 0.00380 e. The van der Waals surface area contributed by atoms with Gasteiger partial charge < -0.3 is 4.90 Å². The standard InChI is InChI=1S/C15H31N/c1-5-7-9-15(6-2)10-8-11-16(13-15)12-14(3)4/h14H,5-13H2,1-4H3. The van der Waals surface area contributed by atoms with Gasteiger partial charge in [0.05, 0.1) is 0 Å². The van der Waals surface area contributed by atoms with E-state index in [0.29, 0.717) is 5.41 Å². The number of unbranched alkanes of at least 4 members (excludes halogenated alkanes) is 1. The summed E-state index contributed by atoms with van der Waals surface area (Å²) in [4.78, 5) is 2.72. The Bertz CT molecular complexity index is 188. The van der Waals surface area contributed by atoms with Gasteiger partial charge in [-0.1, -0.05) is 40.5 Å². The highest BCUT2D eigenvalue weighted by atomic mass is 15.1. The SMILES string of the molecule is CCCCC1(CC)CCCN(CC(C)C)C1. The summed E-state index contributed by atoms with van der Waals surface area (Å²) in [5.41, 5.74) is 0.656. The minimum absolute atomic E-state index is 0.656. The molecule has 1 aliphatic rings. The molecule has 0 spiro atoms. The first kappa shape index (κ1) is 14.0. The van der Waals surface area contributed by atoms with Crippen LogP contribution in [0.3, 0.4) is 0 Å². The number of likely N-dealkylation sites (tertiary alicyclic amines) is 1. The highest BCUT2D eigenvalue weighted by Crippen LogP contribution is 2.38. The van der Waals surface area contributed by atoms with Crippen LogP contribution >= 0.6 is 0 Å². The van der Waals surface area contributed by atoms with E-state index >= 15 is 0 Å². The van der Waals surface area contributed by atoms with Gasteiger partial charge in [-0.15, -0.1) is 0 Å². The number of hydrogen-bond donors (Lipinski definition) is 0. The van der Waals surface area contributed by atoms with Gasteiger partial charge >= 0.3 is 0 Å². The lowest BCUT2D eigenvalue weighted by atomic mass is 9.74. The van der Waals surface area contributed by atoms with Gasteiger partial charge in [0.15, 0.2) is 0 Å². The van der Waals surface area contributed by atoms with Crippen molar-refractivity contribution in [3.05, 3.63) is 0 Å². The molecule has 1 heterocycles. The van der Waals surface area contributed by atoms with Crippen molar-refractivity contribution in [2.45, 2.75) is 66.2 Å². The molecule has 0 aromatic rings. The minimum atomic E-state index is 0.656. The molecule has 1 aliphatic heterocycles. The van der Waals surface area contributed by atoms with Gasteiger partial charge in [0.2, 0.25) is 0 Å². The summed E-state index contributed by atoms with van der Waals surface area (Å²) in [6.45, 7) is 13.4. The Morgan fingerprint density at radius 1 is 1.25 bits per heavy atom. The van der Waals surface area contributed by atoms with Crippen molar-refractivity contribution in [1.82, 2.24) is 4.90 Å². The van der Waals surface area contributed by atoms with E-state index in [0.717, 1.165) is 5.92 Å². The number of rotatable bonds is 6. The van der Waals surface area contributed by atoms with E-state index in [9.17, 15) is 0 Å². The van der Waals surface area contributed by atoms with Crippen LogP contribution in [-0.4, -0.2) is 24.5 Å². The first-order chi connectivity index (χ1) is 7.62. The predicted octanol–water partition coefficient (Wildman–Crippen LogP) is 4.32. The van der Waals surface area contributed by atoms with Gasteiger partial charge in [0, 0.05) is 13.1 Å². The fourth-order valence-electron chi connectivity index (χ4n) is 3.20. The summed E-state index contributed by atoms with van der Waals surface area (Å²) >= 11 is 0. The highest BCUT2D eigenvalue weighted by molar-refractivity contribution is 4.86. The first-order valence-electron chi connectivity index (χ1n) is 7.34. The van der Waals surface area contributed by atoms with Gasteiger partial charge in [0.25, 0.3) is 0 Å². The maximum atomic E-state index is 2.72. The first-order valence-corrected chi connectivity index (χ1v) is 7.34. The second kappa shape index (κ2) is 6.64. The van der Waals surface area contributed by atoms with E-state index < -0.39 is 0 Å². The van der Waals surface area contributed by atoms with Crippen molar-refractivity contribution in [1.29, 1.82) is 0 Å². The van der Waals surface area contributed by atoms with Crippen LogP contribution in [0.15, 0.2) is 0 Å². The Balaban J connectivity index is 2.50. The van der Waals surface area contributed by atoms with Crippen molar-refractivity contribution < 1.29 is 0 Å². The van der Waals surface area contributed by atoms with Crippen molar-refractivity contribution >= 4 is 0 Å². The monoisotopic (exact) mass is 225 g/mol. The molecule has 1 heteroatoms. The molecule has 1 atom stereocenters. The van der Waals surface area contributed by atoms with Gasteiger partial charge in [0.1, 0.15) is 0 Å². The van der Waals surface area contributed by atoms with Crippen LogP contribution < -0.4 is 0 Å². The van der Waals surface area contributed by atoms with Gasteiger partial charge in [-0.25, -0.2) is 0 Å². The van der Waals surface area contributed by atoms with Crippen LogP contribution in [0.4, 0.5) is 0 Å². The van der Waals surface area contributed by atoms with Crippen LogP contribution in [0.2, 0.25) is 0 Å². The molecule has 0 saturated carbocycles. The highest BCUT2D eigenvalue weighted by Gasteiger charge is 2.33. The molecule has 0 aromatic carbocycles. The zero-order valence-electron chi connectivity index (χ0n) is 11.9. The second-order valence-corrected chi connectivity index (χ2v) is 6.19. The van der Waals surface area contributed by atoms with Crippen LogP contribution in [0.1, 0.15) is 66.2 Å². The molecule has 1 fully saturated rings. The Morgan fingerprint density at radius 3 is 2.56 bits per heavy atom. The van der Waals surface area contributed by atoms with Crippen LogP contribution in [0.5, 0.6) is 0 Å². The van der Waals surface area contributed by atoms with E-state index in [2.05, 4.69) is 32.6 Å². The molecule has 0 aromatic heterocycles. The fraction of sp³-hybridized carbons (Fsp3) is 1.00. The molecule has 0 bridgehead atoms. The summed E-state index contributed by atoms with van der Waals surface area (Å²) in [5, 5.41) is 0. The van der Waals surface area contributed by atoms with Crippen molar-refractivity contribution in [2.24, 2.45) is 11.3 Å². The average Bonchev–Trinajstić information content (AvgIpc) is 2.26. The van der Waals surface area contributed by atoms with Crippen LogP contribution in [0.25, 0.3) is 0 Å². The fourth-order valence-corrected chi connectivity index (χ4v) is 3.20. The normalized spacial score (nSPS) is 27.6. The molecule has 0 radical (unpaired) electrons. The molecule has 96 valence electrons. The third-order valence-corrected chi connectivity index (χ3v) is 4.17. The summed E-state index contributed by atoms with van der Waals surface area (Å²) in [7, 11) is 0. The molecule has 1 unspecified atom stereocenters. The largest absolute Gasteiger partial charge is 0.303 e. The zero-order valence-corrected chi connectivity index (χ0v) is 11.9. The molecule has 0 amide bonds. The van der Waals surface area contributed by atoms with E-state index in [1.165, 1.54) is 58.2 Å². The Kier molecular flexibility index (Phi) is 5.82. The van der Waals surface area contributed by atoms with Gasteiger partial charge in [-0.3, -0.25) is 0 Å². The molecule has 0 aliphatic carbocycles. The van der Waals surface area contributed by atoms with E-state index in [-0.39, 0.29) is 0 Å². The molecule has 1 saturated heterocycles. The summed E-state index contributed by atoms with van der Waals surface area (Å²) in [6.07, 6.45) is 8.49. The van der Waals surface area contributed by atoms with Crippen LogP contribution in [-0.2, 0) is 0 Å². The Labute approximate surface area is 103 Å². The van der Waals surface area contributed by atoms with E-state index in [1.807, 2.05) is 0 Å². The predicted molar refractivity (Wildman–Crippen MR) is 72.8 cm³/mol. The maximum absolute atomic E-state index is 2.72. The average molecular weight is 225 g/mol. The van der Waals surface area contributed by atoms with Crippen molar-refractivity contribution in [3.63, 3.8) is 0 Å². The van der Waals surface area contributed by atoms with Gasteiger partial charge in [-0.05, 0) is 43.6 Å². The minimum Gasteiger partial charge on any atom is -0.303 e. The lowest BCUT2D eigenvalue weighted by Gasteiger charge is -2.43. The lowest BCUT2D eigenvalue weighted by Crippen LogP contribution is -2.44. The maximum Gasteiger partial charge on any atom is 0.00380 e. The Morgan fingerprint density at radius 2 is 2.00 bits per heavy atom. The Hall–Kier alpha value is -0.0400. The summed E-state index contributed by atoms with van der Waals surface area (Å²) < 4.78 is 0. The van der Waals surface area contributed by atoms with E-state index in [4.69, 9.17) is 0 Å². The number of nitrogens with zero attached hydrogens (tertiary/aromatic N) is 1. The summed E-state index contributed by atoms with van der Waals surface area (Å²) in [5.74, 6) is 0.818. The third-order valence-electron chi connectivity index (χ3n) is 4.17. The molecular weight excluding hydrogens is 194 g/mol. The van der Waals surface area contributed by atoms with Crippen LogP contribution in [0, 0.1) is 11.3 Å². The number of piperidine rings is 1. The zero-order chi connectivity index (χ0) is 12.0. The second-order valence-electron chi connectivity index (χ2n) is 6.19. The lowest BCUT2D eigenvalue weighted by molar-refractivity contribution is 0.0662. The van der Waals surface area contributed by atoms with Crippen molar-refractivity contribution in [3.8, 4) is 0 Å². The van der Waals surface area contributed by atoms with Gasteiger partial charge in [-0.2, -0.15) is 0 Å². The third kappa shape index (κ3) is 4.08. The molecule has 0 N–H and O–H groups in total. The molecule has 1 rings (SSSR count). The van der Waals surface area contributed by atoms with Crippen molar-refractivity contribution in [2.75, 3.05) is 19.6 Å². The quantitative estimate of drug-likeness (QED) is 0.650. The molecule has 16 heavy (non-hydrogen) atoms. The molecule has 1 nitrogen and oxygen atoms in total. The number of hydrogen-bond acceptors (Lipinski definition) is 1. The topological polar surface area (TPSA) is 3.24 Å². The van der Waals surface area contributed by atoms with E-state index in [1.54, 1.807) is 0 Å².